The molecule has 1 aromatic carbocycles. The van der Waals surface area contributed by atoms with Crippen molar-refractivity contribution < 1.29 is 50.8 Å². The summed E-state index contributed by atoms with van der Waals surface area (Å²) in [6.45, 7) is 0. The molecule has 0 bridgehead atoms. The summed E-state index contributed by atoms with van der Waals surface area (Å²) >= 11 is 2.34. The van der Waals surface area contributed by atoms with E-state index in [-0.39, 0.29) is 31.0 Å². The van der Waals surface area contributed by atoms with Gasteiger partial charge >= 0.3 is 41.5 Å². The van der Waals surface area contributed by atoms with Crippen molar-refractivity contribution in [1.82, 2.24) is 4.98 Å². The number of rotatable bonds is 5. The Morgan fingerprint density at radius 1 is 1.37 bits per heavy atom. The van der Waals surface area contributed by atoms with E-state index in [0.29, 0.717) is 4.34 Å². The average Bonchev–Trinajstić information content (AvgIpc) is 2.69. The molecule has 19 heavy (non-hydrogen) atoms. The van der Waals surface area contributed by atoms with Crippen LogP contribution in [0.4, 0.5) is 0 Å². The summed E-state index contributed by atoms with van der Waals surface area (Å²) in [5.74, 6) is -2.27. The van der Waals surface area contributed by atoms with Crippen LogP contribution in [0.5, 0.6) is 0 Å². The van der Waals surface area contributed by atoms with E-state index in [1.165, 1.54) is 11.3 Å². The minimum atomic E-state index is -1.14. The maximum absolute atomic E-state index is 10.9. The molecule has 1 unspecified atom stereocenters. The second-order valence-corrected chi connectivity index (χ2v) is 5.97. The summed E-state index contributed by atoms with van der Waals surface area (Å²) in [6, 6.07) is 7.45. The van der Waals surface area contributed by atoms with Gasteiger partial charge in [0.1, 0.15) is 5.25 Å². The maximum Gasteiger partial charge on any atom is 1.00 e. The fraction of sp³-hybridized carbons (Fsp3) is 0.182. The van der Waals surface area contributed by atoms with Crippen molar-refractivity contribution in [1.29, 1.82) is 0 Å². The molecule has 0 saturated heterocycles. The molecule has 0 aliphatic carbocycles. The fourth-order valence-electron chi connectivity index (χ4n) is 1.36. The number of thioether (sulfide) groups is 1. The Balaban J connectivity index is 0.00000180. The van der Waals surface area contributed by atoms with Gasteiger partial charge in [-0.2, -0.15) is 0 Å². The Hall–Kier alpha value is -0.600. The van der Waals surface area contributed by atoms with E-state index in [4.69, 9.17) is 10.2 Å². The fourth-order valence-corrected chi connectivity index (χ4v) is 3.59. The number of fused-ring (bicyclic) bond motifs is 1. The van der Waals surface area contributed by atoms with Crippen molar-refractivity contribution >= 4 is 45.3 Å². The van der Waals surface area contributed by atoms with Gasteiger partial charge in [0.2, 0.25) is 0 Å². The average molecular weight is 307 g/mol. The summed E-state index contributed by atoms with van der Waals surface area (Å²) in [7, 11) is 0. The summed E-state index contributed by atoms with van der Waals surface area (Å²) < 4.78 is 1.53. The van der Waals surface area contributed by atoms with Crippen molar-refractivity contribution in [3.63, 3.8) is 0 Å². The van der Waals surface area contributed by atoms with Gasteiger partial charge in [-0.05, 0) is 12.1 Å². The number of hydrogen-bond acceptors (Lipinski definition) is 5. The van der Waals surface area contributed by atoms with E-state index in [1.54, 1.807) is 0 Å². The van der Waals surface area contributed by atoms with Gasteiger partial charge in [0, 0.05) is 0 Å². The van der Waals surface area contributed by atoms with Crippen LogP contribution in [0.15, 0.2) is 28.6 Å². The van der Waals surface area contributed by atoms with Crippen LogP contribution in [0.3, 0.4) is 0 Å². The van der Waals surface area contributed by atoms with E-state index in [0.717, 1.165) is 22.0 Å². The van der Waals surface area contributed by atoms with Crippen molar-refractivity contribution in [3.05, 3.63) is 24.3 Å². The number of carboxylic acid groups (broad SMARTS) is 2. The summed E-state index contributed by atoms with van der Waals surface area (Å²) in [6.07, 6.45) is -0.421. The molecule has 0 aliphatic rings. The van der Waals surface area contributed by atoms with Crippen LogP contribution >= 0.6 is 23.1 Å². The van der Waals surface area contributed by atoms with Crippen LogP contribution in [-0.2, 0) is 9.59 Å². The Kier molecular flexibility index (Phi) is 6.28. The van der Waals surface area contributed by atoms with Gasteiger partial charge in [-0.25, -0.2) is 4.98 Å². The molecule has 0 aliphatic heterocycles. The summed E-state index contributed by atoms with van der Waals surface area (Å²) in [4.78, 5) is 25.8. The quantitative estimate of drug-likeness (QED) is 0.568. The number of hydrogen-bond donors (Lipinski definition) is 2. The molecule has 2 rings (SSSR count). The molecule has 1 aromatic heterocycles. The maximum atomic E-state index is 10.9. The van der Waals surface area contributed by atoms with E-state index in [9.17, 15) is 9.59 Å². The Labute approximate surface area is 140 Å². The number of carboxylic acids is 2. The van der Waals surface area contributed by atoms with Crippen molar-refractivity contribution in [2.75, 3.05) is 0 Å². The first kappa shape index (κ1) is 16.5. The zero-order valence-electron chi connectivity index (χ0n) is 11.1. The molecule has 96 valence electrons. The van der Waals surface area contributed by atoms with Crippen LogP contribution in [0.25, 0.3) is 10.2 Å². The minimum Gasteiger partial charge on any atom is -1.00 e. The number of benzene rings is 1. The second kappa shape index (κ2) is 7.25. The number of aliphatic carboxylic acids is 2. The molecule has 0 fully saturated rings. The molecule has 0 saturated carbocycles. The van der Waals surface area contributed by atoms with Gasteiger partial charge in [0.15, 0.2) is 4.34 Å². The molecule has 1 heterocycles. The smallest absolute Gasteiger partial charge is 1.00 e. The molecule has 2 N–H and O–H groups in total. The van der Waals surface area contributed by atoms with Crippen molar-refractivity contribution in [2.24, 2.45) is 0 Å². The zero-order valence-corrected chi connectivity index (χ0v) is 13.7. The standard InChI is InChI=1S/C11H9NO4S2.Na.H/c13-9(14)5-8(10(15)16)18-11-12-6-3-1-2-4-7(6)17-11;;/h1-4,8H,5H2,(H,13,14)(H,15,16);;/q;+1;-1. The van der Waals surface area contributed by atoms with E-state index < -0.39 is 23.6 Å². The first-order chi connectivity index (χ1) is 8.56. The van der Waals surface area contributed by atoms with E-state index >= 15 is 0 Å². The van der Waals surface area contributed by atoms with Crippen molar-refractivity contribution in [2.45, 2.75) is 16.0 Å². The SMILES string of the molecule is O=C(O)CC(Sc1nc2ccccc2s1)C(=O)O.[H-].[Na+]. The zero-order chi connectivity index (χ0) is 13.1. The van der Waals surface area contributed by atoms with Crippen LogP contribution in [0.2, 0.25) is 0 Å². The number of thiazole rings is 1. The van der Waals surface area contributed by atoms with Gasteiger partial charge in [0.05, 0.1) is 16.6 Å². The first-order valence-corrected chi connectivity index (χ1v) is 6.72. The van der Waals surface area contributed by atoms with Gasteiger partial charge in [0.25, 0.3) is 0 Å². The molecule has 8 heteroatoms. The Bertz CT molecular complexity index is 574. The number of aromatic nitrogens is 1. The topological polar surface area (TPSA) is 87.5 Å². The summed E-state index contributed by atoms with van der Waals surface area (Å²) in [5, 5.41) is 16.6. The predicted octanol–water partition coefficient (Wildman–Crippen LogP) is -0.567. The van der Waals surface area contributed by atoms with Crippen LogP contribution in [0, 0.1) is 0 Å². The van der Waals surface area contributed by atoms with Crippen LogP contribution in [0.1, 0.15) is 7.85 Å². The molecule has 2 aromatic rings. The first-order valence-electron chi connectivity index (χ1n) is 5.03. The van der Waals surface area contributed by atoms with E-state index in [1.807, 2.05) is 24.3 Å². The number of nitrogens with zero attached hydrogens (tertiary/aromatic N) is 1. The predicted molar refractivity (Wildman–Crippen MR) is 70.3 cm³/mol. The van der Waals surface area contributed by atoms with Crippen LogP contribution in [-0.4, -0.2) is 32.4 Å². The minimum absolute atomic E-state index is 0. The third-order valence-corrected chi connectivity index (χ3v) is 4.47. The van der Waals surface area contributed by atoms with Gasteiger partial charge in [-0.1, -0.05) is 23.9 Å². The third-order valence-electron chi connectivity index (χ3n) is 2.15. The largest absolute Gasteiger partial charge is 1.00 e. The van der Waals surface area contributed by atoms with E-state index in [2.05, 4.69) is 4.98 Å². The Morgan fingerprint density at radius 3 is 2.63 bits per heavy atom. The molecule has 5 nitrogen and oxygen atoms in total. The second-order valence-electron chi connectivity index (χ2n) is 3.49. The summed E-state index contributed by atoms with van der Waals surface area (Å²) in [5.41, 5.74) is 0.796. The van der Waals surface area contributed by atoms with Crippen LogP contribution < -0.4 is 29.6 Å². The Morgan fingerprint density at radius 2 is 2.05 bits per heavy atom. The van der Waals surface area contributed by atoms with Crippen molar-refractivity contribution in [3.8, 4) is 0 Å². The molecule has 0 radical (unpaired) electrons. The number of carbonyl (C=O) groups is 2. The monoisotopic (exact) mass is 307 g/mol. The molecule has 1 atom stereocenters. The molecule has 0 spiro atoms. The number of para-hydroxylation sites is 1. The molecular weight excluding hydrogens is 297 g/mol. The molecular formula is C11H10NNaO4S2. The van der Waals surface area contributed by atoms with Gasteiger partial charge in [-0.15, -0.1) is 11.3 Å². The normalized spacial score (nSPS) is 11.8. The third kappa shape index (κ3) is 4.47. The molecule has 0 amide bonds. The van der Waals surface area contributed by atoms with Gasteiger partial charge < -0.3 is 11.6 Å². The van der Waals surface area contributed by atoms with Gasteiger partial charge in [-0.3, -0.25) is 9.59 Å².